The maximum atomic E-state index is 10.0. The van der Waals surface area contributed by atoms with Crippen LogP contribution in [0.3, 0.4) is 0 Å². The van der Waals surface area contributed by atoms with Crippen LogP contribution in [0.5, 0.6) is 0 Å². The second-order valence-electron chi connectivity index (χ2n) is 1.28. The molecular weight excluding hydrogens is 237 g/mol. The Morgan fingerprint density at radius 3 is 1.73 bits per heavy atom. The van der Waals surface area contributed by atoms with Crippen molar-refractivity contribution in [3.63, 3.8) is 0 Å². The Bertz CT molecular complexity index is 146. The van der Waals surface area contributed by atoms with Gasteiger partial charge in [0.25, 0.3) is 0 Å². The molecule has 0 fully saturated rings. The van der Waals surface area contributed by atoms with Crippen molar-refractivity contribution < 1.29 is 18.9 Å². The first kappa shape index (κ1) is 14.5. The van der Waals surface area contributed by atoms with Gasteiger partial charge < -0.3 is 9.79 Å². The van der Waals surface area contributed by atoms with Crippen molar-refractivity contribution >= 4 is 42.6 Å². The molecule has 1 atom stereocenters. The van der Waals surface area contributed by atoms with Crippen molar-refractivity contribution in [2.75, 3.05) is 0 Å². The van der Waals surface area contributed by atoms with Gasteiger partial charge in [-0.15, -0.1) is 23.2 Å². The smallest absolute Gasteiger partial charge is 0.303 e. The molecule has 0 aromatic rings. The zero-order chi connectivity index (χ0) is 8.36. The molecule has 0 aromatic carbocycles. The Kier molecular flexibility index (Phi) is 7.38. The van der Waals surface area contributed by atoms with Crippen LogP contribution >= 0.6 is 42.6 Å². The summed E-state index contributed by atoms with van der Waals surface area (Å²) >= 11 is 15.3. The molecule has 0 aliphatic carbocycles. The van der Waals surface area contributed by atoms with E-state index in [2.05, 4.69) is 4.52 Å². The van der Waals surface area contributed by atoms with E-state index in [-0.39, 0.29) is 7.43 Å². The number of halogens is 3. The van der Waals surface area contributed by atoms with Crippen molar-refractivity contribution in [3.8, 4) is 0 Å². The zero-order valence-electron chi connectivity index (χ0n) is 4.45. The molecule has 0 bridgehead atoms. The largest absolute Gasteiger partial charge is 0.471 e. The van der Waals surface area contributed by atoms with Gasteiger partial charge in [0.1, 0.15) is 4.84 Å². The van der Waals surface area contributed by atoms with Gasteiger partial charge >= 0.3 is 7.82 Å². The van der Waals surface area contributed by atoms with E-state index in [1.165, 1.54) is 0 Å². The van der Waals surface area contributed by atoms with Crippen molar-refractivity contribution in [1.29, 1.82) is 0 Å². The first-order valence-electron chi connectivity index (χ1n) is 1.99. The summed E-state index contributed by atoms with van der Waals surface area (Å²) in [5, 5.41) is 0. The van der Waals surface area contributed by atoms with E-state index < -0.39 is 18.2 Å². The number of rotatable bonds is 3. The van der Waals surface area contributed by atoms with Gasteiger partial charge in [-0.2, -0.15) is 0 Å². The van der Waals surface area contributed by atoms with E-state index in [9.17, 15) is 4.57 Å². The van der Waals surface area contributed by atoms with Crippen LogP contribution in [0.4, 0.5) is 0 Å². The number of hydrogen-bond donors (Lipinski definition) is 2. The molecule has 0 aromatic heterocycles. The fourth-order valence-electron chi connectivity index (χ4n) is 0.177. The summed E-state index contributed by atoms with van der Waals surface area (Å²) in [6.45, 7) is 0. The van der Waals surface area contributed by atoms with Crippen LogP contribution < -0.4 is 0 Å². The molecule has 4 nitrogen and oxygen atoms in total. The predicted octanol–water partition coefficient (Wildman–Crippen LogP) is 2.10. The van der Waals surface area contributed by atoms with Gasteiger partial charge in [-0.3, -0.25) is 4.52 Å². The highest BCUT2D eigenvalue weighted by Crippen LogP contribution is 2.40. The predicted molar refractivity (Wildman–Crippen MR) is 45.0 cm³/mol. The van der Waals surface area contributed by atoms with Gasteiger partial charge in [-0.05, 0) is 0 Å². The van der Waals surface area contributed by atoms with Gasteiger partial charge in [0.2, 0.25) is 0 Å². The maximum Gasteiger partial charge on any atom is 0.471 e. The molecule has 0 heterocycles. The molecule has 0 aliphatic heterocycles. The number of alkyl halides is 3. The molecule has 0 spiro atoms. The summed E-state index contributed by atoms with van der Waals surface area (Å²) in [5.74, 6) is 0. The lowest BCUT2D eigenvalue weighted by molar-refractivity contribution is 0.185. The van der Waals surface area contributed by atoms with Crippen molar-refractivity contribution in [1.82, 2.24) is 0 Å². The molecule has 0 saturated carbocycles. The van der Waals surface area contributed by atoms with Crippen molar-refractivity contribution in [2.24, 2.45) is 0 Å². The van der Waals surface area contributed by atoms with Gasteiger partial charge in [0.05, 0.1) is 0 Å². The number of phosphoric acid groups is 1. The fourth-order valence-corrected chi connectivity index (χ4v) is 1.12. The fraction of sp³-hybridized carbons (Fsp3) is 1.00. The molecule has 2 N–H and O–H groups in total. The summed E-state index contributed by atoms with van der Waals surface area (Å²) in [6.07, 6.45) is 0. The standard InChI is InChI=1S/C2H4Cl3O4P.CH4/c3-1(4)2(5)9-10(6,7)8;/h1-2H,(H2,6,7,8);1H4. The average molecular weight is 245 g/mol. The van der Waals surface area contributed by atoms with Crippen molar-refractivity contribution in [3.05, 3.63) is 0 Å². The highest BCUT2D eigenvalue weighted by molar-refractivity contribution is 7.46. The lowest BCUT2D eigenvalue weighted by Crippen LogP contribution is -2.11. The summed E-state index contributed by atoms with van der Waals surface area (Å²) in [6, 6.07) is 0. The van der Waals surface area contributed by atoms with E-state index >= 15 is 0 Å². The molecule has 70 valence electrons. The SMILES string of the molecule is C.O=P(O)(O)OC(Cl)C(Cl)Cl. The summed E-state index contributed by atoms with van der Waals surface area (Å²) in [7, 11) is -4.58. The monoisotopic (exact) mass is 244 g/mol. The minimum Gasteiger partial charge on any atom is -0.303 e. The molecule has 0 amide bonds. The Morgan fingerprint density at radius 1 is 1.27 bits per heavy atom. The minimum atomic E-state index is -4.58. The van der Waals surface area contributed by atoms with Crippen LogP contribution in [-0.2, 0) is 9.09 Å². The van der Waals surface area contributed by atoms with Crippen LogP contribution in [-0.4, -0.2) is 20.2 Å². The lowest BCUT2D eigenvalue weighted by Gasteiger charge is -2.11. The highest BCUT2D eigenvalue weighted by Gasteiger charge is 2.24. The van der Waals surface area contributed by atoms with Gasteiger partial charge in [-0.1, -0.05) is 19.0 Å². The zero-order valence-corrected chi connectivity index (χ0v) is 7.61. The molecule has 0 saturated heterocycles. The minimum absolute atomic E-state index is 0. The normalized spacial score (nSPS) is 14.4. The first-order valence-corrected chi connectivity index (χ1v) is 4.83. The third-order valence-electron chi connectivity index (χ3n) is 0.436. The van der Waals surface area contributed by atoms with Gasteiger partial charge in [0, 0.05) is 0 Å². The second-order valence-corrected chi connectivity index (χ2v) is 4.07. The summed E-state index contributed by atoms with van der Waals surface area (Å²) in [4.78, 5) is 15.1. The molecule has 8 heteroatoms. The summed E-state index contributed by atoms with van der Waals surface area (Å²) in [5.41, 5.74) is -1.40. The van der Waals surface area contributed by atoms with E-state index in [1.807, 2.05) is 0 Å². The van der Waals surface area contributed by atoms with E-state index in [0.29, 0.717) is 0 Å². The molecule has 0 rings (SSSR count). The Morgan fingerprint density at radius 2 is 1.64 bits per heavy atom. The third kappa shape index (κ3) is 8.89. The van der Waals surface area contributed by atoms with Gasteiger partial charge in [-0.25, -0.2) is 4.57 Å². The van der Waals surface area contributed by atoms with E-state index in [1.54, 1.807) is 0 Å². The topological polar surface area (TPSA) is 66.8 Å². The second kappa shape index (κ2) is 5.60. The average Bonchev–Trinajstić information content (AvgIpc) is 1.60. The molecule has 0 radical (unpaired) electrons. The Labute approximate surface area is 79.6 Å². The van der Waals surface area contributed by atoms with E-state index in [0.717, 1.165) is 0 Å². The molecule has 1 unspecified atom stereocenters. The summed E-state index contributed by atoms with van der Waals surface area (Å²) < 4.78 is 13.9. The van der Waals surface area contributed by atoms with Crippen LogP contribution in [0.1, 0.15) is 7.43 Å². The Hall–Kier alpha value is 0.980. The van der Waals surface area contributed by atoms with Gasteiger partial charge in [0.15, 0.2) is 5.56 Å². The maximum absolute atomic E-state index is 10.0. The number of phosphoric ester groups is 1. The molecule has 0 aliphatic rings. The molecule has 11 heavy (non-hydrogen) atoms. The van der Waals surface area contributed by atoms with Crippen LogP contribution in [0.15, 0.2) is 0 Å². The van der Waals surface area contributed by atoms with Crippen molar-refractivity contribution in [2.45, 2.75) is 17.8 Å². The number of hydrogen-bond acceptors (Lipinski definition) is 2. The van der Waals surface area contributed by atoms with Crippen LogP contribution in [0.2, 0.25) is 0 Å². The quantitative estimate of drug-likeness (QED) is 0.590. The lowest BCUT2D eigenvalue weighted by atomic mass is 10.8. The van der Waals surface area contributed by atoms with Crippen LogP contribution in [0.25, 0.3) is 0 Å². The highest BCUT2D eigenvalue weighted by atomic mass is 35.5. The third-order valence-corrected chi connectivity index (χ3v) is 2.12. The van der Waals surface area contributed by atoms with E-state index in [4.69, 9.17) is 44.6 Å². The van der Waals surface area contributed by atoms with Crippen LogP contribution in [0, 0.1) is 0 Å². The first-order chi connectivity index (χ1) is 4.33. The Balaban J connectivity index is 0. The molecular formula is C3H8Cl3O4P.